The Labute approximate surface area is 167 Å². The summed E-state index contributed by atoms with van der Waals surface area (Å²) in [5, 5.41) is 3.63. The maximum atomic E-state index is 11.0. The van der Waals surface area contributed by atoms with Gasteiger partial charge in [-0.2, -0.15) is 0 Å². The van der Waals surface area contributed by atoms with Gasteiger partial charge in [-0.3, -0.25) is 9.69 Å². The molecule has 146 valence electrons. The standard InChI is InChI=1S/C21H27N3O2.ClH/c22-21(25)15-24-12-10-19(11-13-24)23-14-18-8-4-5-9-20(18)26-16-17-6-2-1-3-7-17;/h1-9,19,23H,10-16H2,(H2,22,25);1H. The predicted molar refractivity (Wildman–Crippen MR) is 110 cm³/mol. The summed E-state index contributed by atoms with van der Waals surface area (Å²) >= 11 is 0. The Balaban J connectivity index is 0.00000261. The number of nitrogens with one attached hydrogen (secondary N) is 1. The fourth-order valence-corrected chi connectivity index (χ4v) is 3.30. The number of nitrogens with two attached hydrogens (primary N) is 1. The third kappa shape index (κ3) is 6.86. The van der Waals surface area contributed by atoms with Crippen LogP contribution in [0.3, 0.4) is 0 Å². The van der Waals surface area contributed by atoms with Gasteiger partial charge in [0.1, 0.15) is 12.4 Å². The molecule has 0 aromatic heterocycles. The van der Waals surface area contributed by atoms with Crippen molar-refractivity contribution in [1.29, 1.82) is 0 Å². The van der Waals surface area contributed by atoms with Crippen LogP contribution < -0.4 is 15.8 Å². The van der Waals surface area contributed by atoms with E-state index in [4.69, 9.17) is 10.5 Å². The first-order valence-corrected chi connectivity index (χ1v) is 9.19. The van der Waals surface area contributed by atoms with Gasteiger partial charge in [0.15, 0.2) is 0 Å². The van der Waals surface area contributed by atoms with Crippen molar-refractivity contribution in [2.75, 3.05) is 19.6 Å². The van der Waals surface area contributed by atoms with Crippen molar-refractivity contribution in [2.24, 2.45) is 5.73 Å². The van der Waals surface area contributed by atoms with Gasteiger partial charge in [0.25, 0.3) is 0 Å². The van der Waals surface area contributed by atoms with E-state index in [2.05, 4.69) is 28.4 Å². The molecule has 6 heteroatoms. The minimum Gasteiger partial charge on any atom is -0.489 e. The molecular weight excluding hydrogens is 362 g/mol. The molecule has 1 heterocycles. The molecule has 0 saturated carbocycles. The summed E-state index contributed by atoms with van der Waals surface area (Å²) in [5.74, 6) is 0.677. The van der Waals surface area contributed by atoms with E-state index in [9.17, 15) is 4.79 Å². The molecule has 2 aromatic carbocycles. The molecule has 1 amide bonds. The highest BCUT2D eigenvalue weighted by molar-refractivity contribution is 5.85. The number of halogens is 1. The summed E-state index contributed by atoms with van der Waals surface area (Å²) in [6.45, 7) is 3.54. The largest absolute Gasteiger partial charge is 0.489 e. The zero-order valence-corrected chi connectivity index (χ0v) is 16.3. The Morgan fingerprint density at radius 2 is 1.74 bits per heavy atom. The summed E-state index contributed by atoms with van der Waals surface area (Å²) in [7, 11) is 0. The summed E-state index contributed by atoms with van der Waals surface area (Å²) in [6.07, 6.45) is 2.06. The van der Waals surface area contributed by atoms with Crippen LogP contribution in [0.4, 0.5) is 0 Å². The van der Waals surface area contributed by atoms with Gasteiger partial charge in [-0.1, -0.05) is 48.5 Å². The number of ether oxygens (including phenoxy) is 1. The molecule has 1 aliphatic rings. The Bertz CT molecular complexity index is 704. The second kappa shape index (κ2) is 10.9. The van der Waals surface area contributed by atoms with Gasteiger partial charge in [-0.05, 0) is 24.5 Å². The quantitative estimate of drug-likeness (QED) is 0.728. The van der Waals surface area contributed by atoms with Crippen LogP contribution in [0.5, 0.6) is 5.75 Å². The Morgan fingerprint density at radius 1 is 1.07 bits per heavy atom. The average molecular weight is 390 g/mol. The Morgan fingerprint density at radius 3 is 2.44 bits per heavy atom. The van der Waals surface area contributed by atoms with E-state index in [1.165, 1.54) is 5.56 Å². The predicted octanol–water partition coefficient (Wildman–Crippen LogP) is 2.73. The highest BCUT2D eigenvalue weighted by Gasteiger charge is 2.20. The number of hydrogen-bond acceptors (Lipinski definition) is 4. The molecule has 1 fully saturated rings. The zero-order chi connectivity index (χ0) is 18.2. The van der Waals surface area contributed by atoms with Gasteiger partial charge in [-0.15, -0.1) is 12.4 Å². The number of piperidine rings is 1. The highest BCUT2D eigenvalue weighted by Crippen LogP contribution is 2.20. The number of carbonyl (C=O) groups is 1. The van der Waals surface area contributed by atoms with E-state index in [-0.39, 0.29) is 18.3 Å². The SMILES string of the molecule is Cl.NC(=O)CN1CCC(NCc2ccccc2OCc2ccccc2)CC1. The van der Waals surface area contributed by atoms with Crippen molar-refractivity contribution in [3.8, 4) is 5.75 Å². The Hall–Kier alpha value is -2.08. The lowest BCUT2D eigenvalue weighted by molar-refractivity contribution is -0.119. The number of primary amides is 1. The first-order chi connectivity index (χ1) is 12.7. The second-order valence-electron chi connectivity index (χ2n) is 6.78. The molecule has 3 rings (SSSR count). The smallest absolute Gasteiger partial charge is 0.231 e. The number of carbonyl (C=O) groups excluding carboxylic acids is 1. The molecule has 0 unspecified atom stereocenters. The molecule has 5 nitrogen and oxygen atoms in total. The van der Waals surface area contributed by atoms with Gasteiger partial charge >= 0.3 is 0 Å². The van der Waals surface area contributed by atoms with E-state index in [1.54, 1.807) is 0 Å². The van der Waals surface area contributed by atoms with Gasteiger partial charge in [0.05, 0.1) is 6.54 Å². The molecule has 1 saturated heterocycles. The highest BCUT2D eigenvalue weighted by atomic mass is 35.5. The van der Waals surface area contributed by atoms with Crippen molar-refractivity contribution in [3.05, 3.63) is 65.7 Å². The van der Waals surface area contributed by atoms with E-state index < -0.39 is 0 Å². The maximum absolute atomic E-state index is 11.0. The molecule has 0 atom stereocenters. The first kappa shape index (κ1) is 21.2. The monoisotopic (exact) mass is 389 g/mol. The van der Waals surface area contributed by atoms with Crippen LogP contribution in [-0.2, 0) is 17.9 Å². The second-order valence-corrected chi connectivity index (χ2v) is 6.78. The number of rotatable bonds is 8. The summed E-state index contributed by atoms with van der Waals surface area (Å²) in [5.41, 5.74) is 7.60. The van der Waals surface area contributed by atoms with Crippen LogP contribution >= 0.6 is 12.4 Å². The molecule has 0 spiro atoms. The molecule has 0 radical (unpaired) electrons. The lowest BCUT2D eigenvalue weighted by atomic mass is 10.0. The minimum atomic E-state index is -0.249. The van der Waals surface area contributed by atoms with Gasteiger partial charge < -0.3 is 15.8 Å². The fourth-order valence-electron chi connectivity index (χ4n) is 3.30. The number of para-hydroxylation sites is 1. The van der Waals surface area contributed by atoms with Crippen molar-refractivity contribution in [1.82, 2.24) is 10.2 Å². The molecule has 0 bridgehead atoms. The van der Waals surface area contributed by atoms with E-state index in [1.807, 2.05) is 36.4 Å². The van der Waals surface area contributed by atoms with Crippen molar-refractivity contribution in [3.63, 3.8) is 0 Å². The lowest BCUT2D eigenvalue weighted by Gasteiger charge is -2.31. The van der Waals surface area contributed by atoms with Crippen LogP contribution in [0.2, 0.25) is 0 Å². The van der Waals surface area contributed by atoms with Crippen LogP contribution in [0.1, 0.15) is 24.0 Å². The minimum absolute atomic E-state index is 0. The van der Waals surface area contributed by atoms with Crippen LogP contribution in [0, 0.1) is 0 Å². The fraction of sp³-hybridized carbons (Fsp3) is 0.381. The molecule has 0 aliphatic carbocycles. The topological polar surface area (TPSA) is 67.6 Å². The lowest BCUT2D eigenvalue weighted by Crippen LogP contribution is -2.45. The van der Waals surface area contributed by atoms with Gasteiger partial charge in [0, 0.05) is 31.2 Å². The molecule has 27 heavy (non-hydrogen) atoms. The molecule has 3 N–H and O–H groups in total. The van der Waals surface area contributed by atoms with Gasteiger partial charge in [0.2, 0.25) is 5.91 Å². The Kier molecular flexibility index (Phi) is 8.58. The van der Waals surface area contributed by atoms with Crippen LogP contribution in [0.15, 0.2) is 54.6 Å². The summed E-state index contributed by atoms with van der Waals surface area (Å²) in [6, 6.07) is 18.8. The number of nitrogens with zero attached hydrogens (tertiary/aromatic N) is 1. The first-order valence-electron chi connectivity index (χ1n) is 9.19. The van der Waals surface area contributed by atoms with Crippen LogP contribution in [0.25, 0.3) is 0 Å². The van der Waals surface area contributed by atoms with E-state index in [0.29, 0.717) is 19.2 Å². The third-order valence-electron chi connectivity index (χ3n) is 4.76. The third-order valence-corrected chi connectivity index (χ3v) is 4.76. The number of benzene rings is 2. The molecule has 1 aliphatic heterocycles. The number of amides is 1. The van der Waals surface area contributed by atoms with Crippen molar-refractivity contribution >= 4 is 18.3 Å². The van der Waals surface area contributed by atoms with Gasteiger partial charge in [-0.25, -0.2) is 0 Å². The number of hydrogen-bond donors (Lipinski definition) is 2. The molecule has 2 aromatic rings. The van der Waals surface area contributed by atoms with E-state index >= 15 is 0 Å². The average Bonchev–Trinajstić information content (AvgIpc) is 2.67. The summed E-state index contributed by atoms with van der Waals surface area (Å²) < 4.78 is 6.02. The maximum Gasteiger partial charge on any atom is 0.231 e. The number of likely N-dealkylation sites (tertiary alicyclic amines) is 1. The normalized spacial score (nSPS) is 15.1. The molecular formula is C21H28ClN3O2. The summed E-state index contributed by atoms with van der Waals surface area (Å²) in [4.78, 5) is 13.1. The van der Waals surface area contributed by atoms with Crippen molar-refractivity contribution < 1.29 is 9.53 Å². The zero-order valence-electron chi connectivity index (χ0n) is 15.5. The van der Waals surface area contributed by atoms with E-state index in [0.717, 1.165) is 43.8 Å². The van der Waals surface area contributed by atoms with Crippen LogP contribution in [-0.4, -0.2) is 36.5 Å². The van der Waals surface area contributed by atoms with Crippen molar-refractivity contribution in [2.45, 2.75) is 32.0 Å².